The van der Waals surface area contributed by atoms with Crippen molar-refractivity contribution >= 4 is 5.82 Å². The van der Waals surface area contributed by atoms with Crippen LogP contribution in [0.2, 0.25) is 0 Å². The second-order valence-electron chi connectivity index (χ2n) is 5.87. The molecular weight excluding hydrogens is 234 g/mol. The minimum atomic E-state index is 0.659. The molecule has 0 radical (unpaired) electrons. The number of nitrogens with zero attached hydrogens (tertiary/aromatic N) is 2. The summed E-state index contributed by atoms with van der Waals surface area (Å²) in [5.74, 6) is 1.84. The van der Waals surface area contributed by atoms with Gasteiger partial charge in [-0.3, -0.25) is 0 Å². The van der Waals surface area contributed by atoms with Crippen molar-refractivity contribution in [3.63, 3.8) is 0 Å². The van der Waals surface area contributed by atoms with Crippen molar-refractivity contribution in [2.24, 2.45) is 5.92 Å². The molecule has 1 aliphatic heterocycles. The minimum absolute atomic E-state index is 0.659. The maximum atomic E-state index is 4.44. The van der Waals surface area contributed by atoms with E-state index >= 15 is 0 Å². The van der Waals surface area contributed by atoms with Crippen LogP contribution in [0.5, 0.6) is 0 Å². The summed E-state index contributed by atoms with van der Waals surface area (Å²) >= 11 is 0. The van der Waals surface area contributed by atoms with Crippen LogP contribution in [0.15, 0.2) is 24.4 Å². The first kappa shape index (κ1) is 14.3. The van der Waals surface area contributed by atoms with Crippen molar-refractivity contribution < 1.29 is 0 Å². The number of nitrogens with one attached hydrogen (secondary N) is 1. The first-order valence-electron chi connectivity index (χ1n) is 7.62. The molecule has 0 aliphatic carbocycles. The van der Waals surface area contributed by atoms with Crippen LogP contribution in [-0.2, 0) is 0 Å². The zero-order valence-corrected chi connectivity index (χ0v) is 12.5. The highest BCUT2D eigenvalue weighted by Crippen LogP contribution is 2.18. The third-order valence-electron chi connectivity index (χ3n) is 4.16. The van der Waals surface area contributed by atoms with E-state index in [2.05, 4.69) is 48.1 Å². The first-order chi connectivity index (χ1) is 9.20. The molecule has 0 bridgehead atoms. The highest BCUT2D eigenvalue weighted by Gasteiger charge is 2.22. The molecule has 1 aromatic rings. The SMILES string of the molecule is CCC(NC1CCN(c2ccccn2)CC1)C(C)C. The average Bonchev–Trinajstić information content (AvgIpc) is 2.46. The van der Waals surface area contributed by atoms with Gasteiger partial charge < -0.3 is 10.2 Å². The van der Waals surface area contributed by atoms with E-state index in [0.29, 0.717) is 12.1 Å². The molecule has 19 heavy (non-hydrogen) atoms. The van der Waals surface area contributed by atoms with Crippen LogP contribution >= 0.6 is 0 Å². The Labute approximate surface area is 117 Å². The Morgan fingerprint density at radius 2 is 2.05 bits per heavy atom. The highest BCUT2D eigenvalue weighted by molar-refractivity contribution is 5.38. The van der Waals surface area contributed by atoms with Crippen molar-refractivity contribution in [1.82, 2.24) is 10.3 Å². The van der Waals surface area contributed by atoms with Crippen LogP contribution in [0.25, 0.3) is 0 Å². The second kappa shape index (κ2) is 6.90. The molecule has 1 aromatic heterocycles. The van der Waals surface area contributed by atoms with Crippen molar-refractivity contribution in [2.75, 3.05) is 18.0 Å². The lowest BCUT2D eigenvalue weighted by molar-refractivity contribution is 0.309. The molecule has 2 rings (SSSR count). The Bertz CT molecular complexity index is 356. The van der Waals surface area contributed by atoms with Gasteiger partial charge in [0, 0.05) is 31.4 Å². The normalized spacial score (nSPS) is 18.8. The highest BCUT2D eigenvalue weighted by atomic mass is 15.2. The predicted molar refractivity (Wildman–Crippen MR) is 81.5 cm³/mol. The zero-order valence-electron chi connectivity index (χ0n) is 12.5. The molecule has 0 aromatic carbocycles. The Morgan fingerprint density at radius 1 is 1.32 bits per heavy atom. The fraction of sp³-hybridized carbons (Fsp3) is 0.688. The quantitative estimate of drug-likeness (QED) is 0.883. The molecule has 3 nitrogen and oxygen atoms in total. The van der Waals surface area contributed by atoms with E-state index in [1.165, 1.54) is 19.3 Å². The molecule has 1 atom stereocenters. The van der Waals surface area contributed by atoms with E-state index in [-0.39, 0.29) is 0 Å². The molecule has 1 N–H and O–H groups in total. The molecule has 0 saturated carbocycles. The van der Waals surface area contributed by atoms with E-state index in [0.717, 1.165) is 24.8 Å². The largest absolute Gasteiger partial charge is 0.357 e. The topological polar surface area (TPSA) is 28.2 Å². The smallest absolute Gasteiger partial charge is 0.128 e. The molecule has 0 spiro atoms. The molecule has 1 fully saturated rings. The van der Waals surface area contributed by atoms with E-state index in [1.807, 2.05) is 12.3 Å². The number of hydrogen-bond acceptors (Lipinski definition) is 3. The lowest BCUT2D eigenvalue weighted by Crippen LogP contribution is -2.47. The van der Waals surface area contributed by atoms with Gasteiger partial charge >= 0.3 is 0 Å². The van der Waals surface area contributed by atoms with Crippen LogP contribution < -0.4 is 10.2 Å². The Kier molecular flexibility index (Phi) is 5.20. The maximum absolute atomic E-state index is 4.44. The van der Waals surface area contributed by atoms with Crippen molar-refractivity contribution in [3.8, 4) is 0 Å². The molecule has 106 valence electrons. The monoisotopic (exact) mass is 261 g/mol. The number of piperidine rings is 1. The van der Waals surface area contributed by atoms with E-state index in [4.69, 9.17) is 0 Å². The van der Waals surface area contributed by atoms with Crippen LogP contribution in [0.1, 0.15) is 40.0 Å². The van der Waals surface area contributed by atoms with Crippen LogP contribution in [-0.4, -0.2) is 30.2 Å². The van der Waals surface area contributed by atoms with E-state index < -0.39 is 0 Å². The Morgan fingerprint density at radius 3 is 2.58 bits per heavy atom. The molecule has 3 heteroatoms. The summed E-state index contributed by atoms with van der Waals surface area (Å²) in [5, 5.41) is 3.83. The number of aromatic nitrogens is 1. The zero-order chi connectivity index (χ0) is 13.7. The molecule has 2 heterocycles. The molecule has 1 aliphatic rings. The summed E-state index contributed by atoms with van der Waals surface area (Å²) in [7, 11) is 0. The summed E-state index contributed by atoms with van der Waals surface area (Å²) in [4.78, 5) is 6.84. The van der Waals surface area contributed by atoms with Crippen molar-refractivity contribution in [3.05, 3.63) is 24.4 Å². The van der Waals surface area contributed by atoms with E-state index in [1.54, 1.807) is 0 Å². The maximum Gasteiger partial charge on any atom is 0.128 e. The lowest BCUT2D eigenvalue weighted by atomic mass is 9.97. The third-order valence-corrected chi connectivity index (χ3v) is 4.16. The van der Waals surface area contributed by atoms with Gasteiger partial charge in [0.15, 0.2) is 0 Å². The van der Waals surface area contributed by atoms with Crippen molar-refractivity contribution in [1.29, 1.82) is 0 Å². The number of anilines is 1. The second-order valence-corrected chi connectivity index (χ2v) is 5.87. The van der Waals surface area contributed by atoms with Gasteiger partial charge in [-0.2, -0.15) is 0 Å². The molecule has 1 saturated heterocycles. The molecule has 1 unspecified atom stereocenters. The Hall–Kier alpha value is -1.09. The first-order valence-corrected chi connectivity index (χ1v) is 7.62. The summed E-state index contributed by atoms with van der Waals surface area (Å²) < 4.78 is 0. The molecular formula is C16H27N3. The number of hydrogen-bond donors (Lipinski definition) is 1. The van der Waals surface area contributed by atoms with Gasteiger partial charge in [-0.15, -0.1) is 0 Å². The standard InChI is InChI=1S/C16H27N3/c1-4-15(13(2)3)18-14-8-11-19(12-9-14)16-7-5-6-10-17-16/h5-7,10,13-15,18H,4,8-9,11-12H2,1-3H3. The van der Waals surface area contributed by atoms with Crippen LogP contribution in [0.3, 0.4) is 0 Å². The van der Waals surface area contributed by atoms with Gasteiger partial charge in [0.2, 0.25) is 0 Å². The van der Waals surface area contributed by atoms with Crippen LogP contribution in [0, 0.1) is 5.92 Å². The number of pyridine rings is 1. The number of rotatable bonds is 5. The molecule has 0 amide bonds. The third kappa shape index (κ3) is 3.93. The fourth-order valence-electron chi connectivity index (χ4n) is 2.90. The summed E-state index contributed by atoms with van der Waals surface area (Å²) in [6.07, 6.45) is 5.54. The predicted octanol–water partition coefficient (Wildman–Crippen LogP) is 3.07. The van der Waals surface area contributed by atoms with Crippen LogP contribution in [0.4, 0.5) is 5.82 Å². The van der Waals surface area contributed by atoms with E-state index in [9.17, 15) is 0 Å². The van der Waals surface area contributed by atoms with Gasteiger partial charge in [0.05, 0.1) is 0 Å². The summed E-state index contributed by atoms with van der Waals surface area (Å²) in [6.45, 7) is 9.13. The summed E-state index contributed by atoms with van der Waals surface area (Å²) in [5.41, 5.74) is 0. The summed E-state index contributed by atoms with van der Waals surface area (Å²) in [6, 6.07) is 7.49. The fourth-order valence-corrected chi connectivity index (χ4v) is 2.90. The average molecular weight is 261 g/mol. The van der Waals surface area contributed by atoms with Gasteiger partial charge in [0.25, 0.3) is 0 Å². The van der Waals surface area contributed by atoms with Gasteiger partial charge in [0.1, 0.15) is 5.82 Å². The minimum Gasteiger partial charge on any atom is -0.357 e. The van der Waals surface area contributed by atoms with Crippen molar-refractivity contribution in [2.45, 2.75) is 52.1 Å². The van der Waals surface area contributed by atoms with Gasteiger partial charge in [-0.05, 0) is 37.3 Å². The lowest BCUT2D eigenvalue weighted by Gasteiger charge is -2.36. The Balaban J connectivity index is 1.82. The van der Waals surface area contributed by atoms with Gasteiger partial charge in [-0.1, -0.05) is 26.8 Å². The van der Waals surface area contributed by atoms with Gasteiger partial charge in [-0.25, -0.2) is 4.98 Å².